The summed E-state index contributed by atoms with van der Waals surface area (Å²) in [6.07, 6.45) is 6.10. The van der Waals surface area contributed by atoms with E-state index >= 15 is 0 Å². The zero-order chi connectivity index (χ0) is 30.6. The molecule has 0 unspecified atom stereocenters. The topological polar surface area (TPSA) is 138 Å². The number of amides is 2. The minimum absolute atomic E-state index is 0.0402. The smallest absolute Gasteiger partial charge is 0.248 e. The average molecular weight is 592 g/mol. The van der Waals surface area contributed by atoms with Gasteiger partial charge in [-0.2, -0.15) is 0 Å². The number of piperidine rings is 1. The molecule has 1 aliphatic rings. The van der Waals surface area contributed by atoms with Gasteiger partial charge in [0.1, 0.15) is 5.75 Å². The number of phenols is 1. The van der Waals surface area contributed by atoms with E-state index in [0.29, 0.717) is 61.8 Å². The Labute approximate surface area is 253 Å². The number of hydrogen-bond donors (Lipinski definition) is 5. The fourth-order valence-electron chi connectivity index (χ4n) is 5.55. The number of phenolic OH excluding ortho intramolecular Hbond substituents is 1. The second-order valence-corrected chi connectivity index (χ2v) is 11.4. The maximum Gasteiger partial charge on any atom is 0.248 e. The number of benzene rings is 2. The second kappa shape index (κ2) is 16.2. The lowest BCUT2D eigenvalue weighted by atomic mass is 10.0. The molecule has 5 N–H and O–H groups in total. The highest BCUT2D eigenvalue weighted by Gasteiger charge is 2.15. The van der Waals surface area contributed by atoms with Gasteiger partial charge < -0.3 is 35.6 Å². The number of aromatic nitrogens is 1. The number of rotatable bonds is 15. The average Bonchev–Trinajstić information content (AvgIpc) is 3.01. The van der Waals surface area contributed by atoms with Crippen LogP contribution in [0.5, 0.6) is 5.75 Å². The minimum Gasteiger partial charge on any atom is -0.506 e. The maximum absolute atomic E-state index is 12.5. The molecule has 0 radical (unpaired) electrons. The molecule has 43 heavy (non-hydrogen) atoms. The number of aromatic amines is 1. The van der Waals surface area contributed by atoms with Crippen LogP contribution < -0.4 is 16.2 Å². The number of unbranched alkanes of at least 4 members (excludes halogenated alkanes) is 1. The third kappa shape index (κ3) is 9.91. The first-order chi connectivity index (χ1) is 20.8. The van der Waals surface area contributed by atoms with Crippen molar-refractivity contribution in [3.63, 3.8) is 0 Å². The number of aliphatic hydroxyl groups excluding tert-OH is 1. The molecule has 232 valence electrons. The summed E-state index contributed by atoms with van der Waals surface area (Å²) in [5, 5.41) is 27.6. The lowest BCUT2D eigenvalue weighted by Gasteiger charge is -2.27. The number of pyridine rings is 1. The Morgan fingerprint density at radius 2 is 1.86 bits per heavy atom. The minimum atomic E-state index is -0.822. The van der Waals surface area contributed by atoms with Gasteiger partial charge in [0.05, 0.1) is 11.6 Å². The Kier molecular flexibility index (Phi) is 12.1. The number of carbonyl (C=O) groups excluding carboxylic acids is 2. The van der Waals surface area contributed by atoms with Gasteiger partial charge in [-0.1, -0.05) is 24.6 Å². The Morgan fingerprint density at radius 3 is 2.67 bits per heavy atom. The molecule has 1 saturated heterocycles. The fourth-order valence-corrected chi connectivity index (χ4v) is 5.55. The van der Waals surface area contributed by atoms with Gasteiger partial charge in [-0.05, 0) is 87.1 Å². The van der Waals surface area contributed by atoms with Gasteiger partial charge in [0.15, 0.2) is 0 Å². The van der Waals surface area contributed by atoms with Gasteiger partial charge in [0, 0.05) is 56.7 Å². The summed E-state index contributed by atoms with van der Waals surface area (Å²) in [5.74, 6) is 0.0868. The van der Waals surface area contributed by atoms with E-state index in [4.69, 9.17) is 0 Å². The van der Waals surface area contributed by atoms with Gasteiger partial charge >= 0.3 is 0 Å². The van der Waals surface area contributed by atoms with Crippen molar-refractivity contribution in [2.75, 3.05) is 51.6 Å². The number of anilines is 1. The molecule has 2 heterocycles. The number of aromatic hydroxyl groups is 1. The molecule has 0 saturated carbocycles. The highest BCUT2D eigenvalue weighted by molar-refractivity contribution is 5.90. The van der Waals surface area contributed by atoms with E-state index in [9.17, 15) is 24.6 Å². The van der Waals surface area contributed by atoms with Crippen LogP contribution in [0.25, 0.3) is 10.9 Å². The fraction of sp³-hybridized carbons (Fsp3) is 0.485. The van der Waals surface area contributed by atoms with E-state index in [1.165, 1.54) is 31.4 Å². The van der Waals surface area contributed by atoms with Crippen LogP contribution >= 0.6 is 0 Å². The number of H-pyrrole nitrogens is 1. The summed E-state index contributed by atoms with van der Waals surface area (Å²) in [6, 6.07) is 13.8. The first-order valence-electron chi connectivity index (χ1n) is 15.4. The molecule has 10 heteroatoms. The molecule has 1 fully saturated rings. The molecular formula is C33H45N5O5. The van der Waals surface area contributed by atoms with Crippen molar-refractivity contribution < 1.29 is 19.8 Å². The van der Waals surface area contributed by atoms with Crippen LogP contribution in [0.4, 0.5) is 5.69 Å². The maximum atomic E-state index is 12.5. The zero-order valence-electron chi connectivity index (χ0n) is 25.1. The number of hydrogen-bond acceptors (Lipinski definition) is 7. The lowest BCUT2D eigenvalue weighted by Crippen LogP contribution is -2.35. The third-order valence-corrected chi connectivity index (χ3v) is 8.07. The number of likely N-dealkylation sites (tertiary alicyclic amines) is 1. The molecule has 2 aromatic carbocycles. The van der Waals surface area contributed by atoms with Crippen LogP contribution in [0.1, 0.15) is 62.2 Å². The van der Waals surface area contributed by atoms with E-state index in [2.05, 4.69) is 20.5 Å². The Balaban J connectivity index is 1.13. The largest absolute Gasteiger partial charge is 0.506 e. The summed E-state index contributed by atoms with van der Waals surface area (Å²) < 4.78 is 0. The van der Waals surface area contributed by atoms with Gasteiger partial charge in [0.25, 0.3) is 0 Å². The molecule has 1 aromatic heterocycles. The van der Waals surface area contributed by atoms with E-state index in [1.54, 1.807) is 17.0 Å². The molecule has 10 nitrogen and oxygen atoms in total. The predicted octanol–water partition coefficient (Wildman–Crippen LogP) is 3.54. The summed E-state index contributed by atoms with van der Waals surface area (Å²) in [7, 11) is 1.85. The summed E-state index contributed by atoms with van der Waals surface area (Å²) in [6.45, 7) is 4.61. The zero-order valence-corrected chi connectivity index (χ0v) is 25.1. The van der Waals surface area contributed by atoms with Gasteiger partial charge in [0.2, 0.25) is 17.4 Å². The molecule has 1 atom stereocenters. The monoisotopic (exact) mass is 591 g/mol. The number of aliphatic hydroxyl groups is 1. The van der Waals surface area contributed by atoms with E-state index in [1.807, 2.05) is 31.3 Å². The summed E-state index contributed by atoms with van der Waals surface area (Å²) in [4.78, 5) is 43.3. The second-order valence-electron chi connectivity index (χ2n) is 11.4. The Hall–Kier alpha value is -3.73. The van der Waals surface area contributed by atoms with Crippen molar-refractivity contribution in [1.29, 1.82) is 0 Å². The highest BCUT2D eigenvalue weighted by atomic mass is 16.3. The van der Waals surface area contributed by atoms with Gasteiger partial charge in [-0.3, -0.25) is 14.4 Å². The SMILES string of the molecule is CN(CCCCC(=O)Nc1cccc(CCNC[C@H](O)c2ccc(O)c3[nH]c(=O)ccc23)c1)C(=O)CCN1CCCCC1. The van der Waals surface area contributed by atoms with Crippen molar-refractivity contribution >= 4 is 28.4 Å². The van der Waals surface area contributed by atoms with Crippen LogP contribution in [-0.4, -0.2) is 83.1 Å². The summed E-state index contributed by atoms with van der Waals surface area (Å²) >= 11 is 0. The van der Waals surface area contributed by atoms with Crippen molar-refractivity contribution in [3.05, 3.63) is 70.0 Å². The van der Waals surface area contributed by atoms with Crippen molar-refractivity contribution in [3.8, 4) is 5.75 Å². The van der Waals surface area contributed by atoms with Crippen LogP contribution in [-0.2, 0) is 16.0 Å². The summed E-state index contributed by atoms with van der Waals surface area (Å²) in [5.41, 5.74) is 2.41. The van der Waals surface area contributed by atoms with E-state index < -0.39 is 6.10 Å². The molecule has 0 bridgehead atoms. The molecule has 0 aliphatic carbocycles. The number of fused-ring (bicyclic) bond motifs is 1. The molecule has 0 spiro atoms. The van der Waals surface area contributed by atoms with E-state index in [0.717, 1.165) is 37.3 Å². The van der Waals surface area contributed by atoms with E-state index in [-0.39, 0.29) is 23.1 Å². The molecule has 1 aliphatic heterocycles. The Bertz CT molecular complexity index is 1420. The normalized spacial score (nSPS) is 14.5. The first kappa shape index (κ1) is 32.2. The van der Waals surface area contributed by atoms with Gasteiger partial charge in [-0.15, -0.1) is 0 Å². The Morgan fingerprint density at radius 1 is 1.05 bits per heavy atom. The number of nitrogens with one attached hydrogen (secondary N) is 3. The quantitative estimate of drug-likeness (QED) is 0.171. The lowest BCUT2D eigenvalue weighted by molar-refractivity contribution is -0.130. The molecular weight excluding hydrogens is 546 g/mol. The molecule has 4 rings (SSSR count). The number of nitrogens with zero attached hydrogens (tertiary/aromatic N) is 2. The number of carbonyl (C=O) groups is 2. The standard InChI is InChI=1S/C33H45N5O5/c1-37(32(43)16-21-38-19-4-2-5-20-38)18-6-3-10-30(41)35-25-9-7-8-24(22-25)15-17-34-23-29(40)26-11-13-28(39)33-27(26)12-14-31(42)36-33/h7-9,11-14,22,29,34,39-40H,2-6,10,15-21,23H2,1H3,(H,35,41)(H,36,42)/t29-/m0/s1. The predicted molar refractivity (Wildman–Crippen MR) is 169 cm³/mol. The van der Waals surface area contributed by atoms with Crippen molar-refractivity contribution in [2.45, 2.75) is 57.5 Å². The van der Waals surface area contributed by atoms with Crippen LogP contribution in [0, 0.1) is 0 Å². The van der Waals surface area contributed by atoms with Crippen LogP contribution in [0.2, 0.25) is 0 Å². The first-order valence-corrected chi connectivity index (χ1v) is 15.4. The molecule has 2 amide bonds. The van der Waals surface area contributed by atoms with Crippen LogP contribution in [0.3, 0.4) is 0 Å². The van der Waals surface area contributed by atoms with Crippen molar-refractivity contribution in [1.82, 2.24) is 20.1 Å². The van der Waals surface area contributed by atoms with Crippen molar-refractivity contribution in [2.24, 2.45) is 0 Å². The van der Waals surface area contributed by atoms with Gasteiger partial charge in [-0.25, -0.2) is 0 Å². The van der Waals surface area contributed by atoms with Crippen LogP contribution in [0.15, 0.2) is 53.3 Å². The highest BCUT2D eigenvalue weighted by Crippen LogP contribution is 2.28. The molecule has 3 aromatic rings. The third-order valence-electron chi connectivity index (χ3n) is 8.07.